The normalized spacial score (nSPS) is 49.6. The van der Waals surface area contributed by atoms with Crippen molar-refractivity contribution in [3.63, 3.8) is 0 Å². The Morgan fingerprint density at radius 2 is 1.74 bits per heavy atom. The highest BCUT2D eigenvalue weighted by Gasteiger charge is 2.58. The Bertz CT molecular complexity index is 659. The number of fused-ring (bicyclic) bond motifs is 5. The van der Waals surface area contributed by atoms with Crippen molar-refractivity contribution in [3.8, 4) is 0 Å². The molecule has 1 heterocycles. The van der Waals surface area contributed by atoms with E-state index in [-0.39, 0.29) is 6.10 Å². The summed E-state index contributed by atoms with van der Waals surface area (Å²) < 4.78 is 0. The summed E-state index contributed by atoms with van der Waals surface area (Å²) in [6, 6.07) is 0. The third-order valence-electron chi connectivity index (χ3n) is 9.64. The van der Waals surface area contributed by atoms with Crippen LogP contribution in [0.5, 0.6) is 0 Å². The highest BCUT2D eigenvalue weighted by Crippen LogP contribution is 2.66. The second-order valence-corrected chi connectivity index (χ2v) is 11.0. The van der Waals surface area contributed by atoms with Crippen molar-refractivity contribution in [2.24, 2.45) is 34.5 Å². The van der Waals surface area contributed by atoms with Gasteiger partial charge in [0.15, 0.2) is 0 Å². The number of rotatable bonds is 1. The monoisotopic (exact) mass is 369 g/mol. The van der Waals surface area contributed by atoms with Gasteiger partial charge in [0.2, 0.25) is 0 Å². The van der Waals surface area contributed by atoms with Gasteiger partial charge in [-0.3, -0.25) is 0 Å². The maximum Gasteiger partial charge on any atom is 0.0577 e. The van der Waals surface area contributed by atoms with Crippen LogP contribution in [-0.2, 0) is 0 Å². The van der Waals surface area contributed by atoms with Crippen LogP contribution in [0.25, 0.3) is 0 Å². The van der Waals surface area contributed by atoms with Crippen LogP contribution < -0.4 is 0 Å². The predicted octanol–water partition coefficient (Wildman–Crippen LogP) is 5.54. The quantitative estimate of drug-likeness (QED) is 0.614. The highest BCUT2D eigenvalue weighted by molar-refractivity contribution is 5.31. The maximum absolute atomic E-state index is 10.3. The van der Waals surface area contributed by atoms with E-state index in [0.29, 0.717) is 16.7 Å². The van der Waals surface area contributed by atoms with E-state index in [4.69, 9.17) is 0 Å². The number of aliphatic hydroxyl groups excluding tert-OH is 1. The molecule has 4 aliphatic carbocycles. The van der Waals surface area contributed by atoms with Crippen LogP contribution >= 0.6 is 0 Å². The van der Waals surface area contributed by atoms with Crippen LogP contribution in [0.15, 0.2) is 23.4 Å². The zero-order valence-electron chi connectivity index (χ0n) is 17.7. The van der Waals surface area contributed by atoms with E-state index in [1.54, 1.807) is 11.3 Å². The molecule has 0 aromatic carbocycles. The highest BCUT2D eigenvalue weighted by atomic mass is 16.3. The van der Waals surface area contributed by atoms with Gasteiger partial charge in [-0.1, -0.05) is 38.5 Å². The zero-order chi connectivity index (χ0) is 18.8. The second-order valence-electron chi connectivity index (χ2n) is 11.0. The molecule has 0 unspecified atom stereocenters. The minimum absolute atomic E-state index is 0.0965. The van der Waals surface area contributed by atoms with Gasteiger partial charge in [0.25, 0.3) is 0 Å². The summed E-state index contributed by atoms with van der Waals surface area (Å²) in [6.07, 6.45) is 16.5. The molecule has 150 valence electrons. The Kier molecular flexibility index (Phi) is 4.31. The van der Waals surface area contributed by atoms with E-state index in [0.717, 1.165) is 30.6 Å². The molecule has 0 radical (unpaired) electrons. The number of nitrogens with zero attached hydrogens (tertiary/aromatic N) is 1. The molecular weight excluding hydrogens is 330 g/mol. The lowest BCUT2D eigenvalue weighted by Gasteiger charge is -2.60. The van der Waals surface area contributed by atoms with Crippen molar-refractivity contribution in [2.75, 3.05) is 13.1 Å². The zero-order valence-corrected chi connectivity index (χ0v) is 17.7. The first-order valence-electron chi connectivity index (χ1n) is 11.8. The molecular formula is C25H39NO. The van der Waals surface area contributed by atoms with Crippen molar-refractivity contribution in [3.05, 3.63) is 23.4 Å². The summed E-state index contributed by atoms with van der Waals surface area (Å²) in [6.45, 7) is 10.2. The minimum Gasteiger partial charge on any atom is -0.393 e. The van der Waals surface area contributed by atoms with Gasteiger partial charge in [0.05, 0.1) is 6.10 Å². The van der Waals surface area contributed by atoms with Crippen LogP contribution in [0.1, 0.15) is 78.6 Å². The van der Waals surface area contributed by atoms with E-state index in [1.165, 1.54) is 58.0 Å². The van der Waals surface area contributed by atoms with Gasteiger partial charge in [0, 0.05) is 24.2 Å². The lowest BCUT2D eigenvalue weighted by atomic mass is 9.46. The lowest BCUT2D eigenvalue weighted by molar-refractivity contribution is -0.0544. The van der Waals surface area contributed by atoms with E-state index in [1.807, 2.05) is 0 Å². The maximum atomic E-state index is 10.3. The molecule has 27 heavy (non-hydrogen) atoms. The second kappa shape index (κ2) is 6.37. The molecule has 2 nitrogen and oxygen atoms in total. The number of allylic oxidation sites excluding steroid dienone is 3. The van der Waals surface area contributed by atoms with Crippen LogP contribution in [0, 0.1) is 34.5 Å². The molecule has 1 N–H and O–H groups in total. The van der Waals surface area contributed by atoms with Crippen LogP contribution in [0.2, 0.25) is 0 Å². The van der Waals surface area contributed by atoms with Gasteiger partial charge in [-0.25, -0.2) is 0 Å². The average molecular weight is 370 g/mol. The minimum atomic E-state index is -0.0965. The fourth-order valence-electron chi connectivity index (χ4n) is 8.17. The molecule has 3 fully saturated rings. The molecule has 0 aromatic rings. The van der Waals surface area contributed by atoms with Crippen molar-refractivity contribution in [2.45, 2.75) is 84.7 Å². The number of piperidine rings is 1. The molecule has 0 amide bonds. The Labute approximate surface area is 166 Å². The Morgan fingerprint density at radius 3 is 2.52 bits per heavy atom. The van der Waals surface area contributed by atoms with E-state index < -0.39 is 0 Å². The van der Waals surface area contributed by atoms with Crippen molar-refractivity contribution < 1.29 is 5.11 Å². The van der Waals surface area contributed by atoms with Gasteiger partial charge < -0.3 is 10.0 Å². The van der Waals surface area contributed by atoms with Gasteiger partial charge in [-0.2, -0.15) is 0 Å². The van der Waals surface area contributed by atoms with Gasteiger partial charge in [0.1, 0.15) is 0 Å². The molecule has 2 saturated carbocycles. The largest absolute Gasteiger partial charge is 0.393 e. The Balaban J connectivity index is 1.46. The summed E-state index contributed by atoms with van der Waals surface area (Å²) >= 11 is 0. The number of hydrogen-bond acceptors (Lipinski definition) is 2. The molecule has 1 saturated heterocycles. The summed E-state index contributed by atoms with van der Waals surface area (Å²) in [4.78, 5) is 2.76. The first-order valence-corrected chi connectivity index (χ1v) is 11.8. The molecule has 5 rings (SSSR count). The number of hydrogen-bond donors (Lipinski definition) is 1. The van der Waals surface area contributed by atoms with Crippen LogP contribution in [-0.4, -0.2) is 29.2 Å². The van der Waals surface area contributed by atoms with Gasteiger partial charge in [-0.05, 0) is 86.9 Å². The van der Waals surface area contributed by atoms with Crippen molar-refractivity contribution >= 4 is 0 Å². The molecule has 5 aliphatic rings. The van der Waals surface area contributed by atoms with E-state index >= 15 is 0 Å². The summed E-state index contributed by atoms with van der Waals surface area (Å²) in [5, 5.41) is 10.3. The van der Waals surface area contributed by atoms with Gasteiger partial charge in [-0.15, -0.1) is 0 Å². The molecule has 0 aromatic heterocycles. The first-order chi connectivity index (χ1) is 12.9. The fourth-order valence-corrected chi connectivity index (χ4v) is 8.17. The third kappa shape index (κ3) is 2.61. The van der Waals surface area contributed by atoms with Gasteiger partial charge >= 0.3 is 0 Å². The first kappa shape index (κ1) is 18.3. The average Bonchev–Trinajstić information content (AvgIpc) is 3.01. The standard InChI is InChI=1S/C25H39NO/c1-17-15-18-16-19(27)9-11-24(18,2)21-10-12-25(3)20(23(17)21)7-8-22(25)26-13-5-4-6-14-26/h8,15,17,19-21,23,27H,4-7,9-14,16H2,1-3H3/t17-,19-,20+,21+,23+,24+,25+/m1/s1. The van der Waals surface area contributed by atoms with Crippen molar-refractivity contribution in [1.82, 2.24) is 4.90 Å². The predicted molar refractivity (Wildman–Crippen MR) is 111 cm³/mol. The summed E-state index contributed by atoms with van der Waals surface area (Å²) in [5.41, 5.74) is 4.08. The molecule has 0 bridgehead atoms. The topological polar surface area (TPSA) is 23.5 Å². The molecule has 0 spiro atoms. The Morgan fingerprint density at radius 1 is 1.00 bits per heavy atom. The fraction of sp³-hybridized carbons (Fsp3) is 0.840. The molecule has 2 heteroatoms. The molecule has 1 aliphatic heterocycles. The lowest BCUT2D eigenvalue weighted by Crippen LogP contribution is -2.53. The Hall–Kier alpha value is -0.760. The smallest absolute Gasteiger partial charge is 0.0577 e. The van der Waals surface area contributed by atoms with Crippen LogP contribution in [0.3, 0.4) is 0 Å². The number of aliphatic hydroxyl groups is 1. The summed E-state index contributed by atoms with van der Waals surface area (Å²) in [5.74, 6) is 3.14. The number of likely N-dealkylation sites (tertiary alicyclic amines) is 1. The summed E-state index contributed by atoms with van der Waals surface area (Å²) in [7, 11) is 0. The molecule has 7 atom stereocenters. The van der Waals surface area contributed by atoms with E-state index in [2.05, 4.69) is 37.8 Å². The van der Waals surface area contributed by atoms with Crippen molar-refractivity contribution in [1.29, 1.82) is 0 Å². The van der Waals surface area contributed by atoms with E-state index in [9.17, 15) is 5.11 Å². The SMILES string of the molecule is C[C@@H]1C=C2C[C@H](O)CC[C@]2(C)[C@H]2CC[C@]3(C)C(N4CCCCC4)=CC[C@H]3[C@H]12. The third-order valence-corrected chi connectivity index (χ3v) is 9.64. The van der Waals surface area contributed by atoms with Crippen LogP contribution in [0.4, 0.5) is 0 Å².